The third kappa shape index (κ3) is 5.51. The summed E-state index contributed by atoms with van der Waals surface area (Å²) in [6, 6.07) is 8.11. The molecule has 1 aromatic heterocycles. The first-order valence-electron chi connectivity index (χ1n) is 9.15. The predicted octanol–water partition coefficient (Wildman–Crippen LogP) is 2.87. The Kier molecular flexibility index (Phi) is 7.06. The summed E-state index contributed by atoms with van der Waals surface area (Å²) in [6.07, 6.45) is 0.0310. The van der Waals surface area contributed by atoms with E-state index in [-0.39, 0.29) is 6.10 Å². The van der Waals surface area contributed by atoms with E-state index >= 15 is 0 Å². The van der Waals surface area contributed by atoms with Gasteiger partial charge in [0.05, 0.1) is 18.8 Å². The van der Waals surface area contributed by atoms with Crippen molar-refractivity contribution in [3.63, 3.8) is 0 Å². The monoisotopic (exact) mass is 357 g/mol. The van der Waals surface area contributed by atoms with Crippen LogP contribution in [0.4, 0.5) is 0 Å². The average Bonchev–Trinajstić information content (AvgIpc) is 2.85. The average molecular weight is 358 g/mol. The Labute approximate surface area is 156 Å². The summed E-state index contributed by atoms with van der Waals surface area (Å²) < 4.78 is 7.84. The van der Waals surface area contributed by atoms with Crippen molar-refractivity contribution < 1.29 is 4.74 Å². The molecule has 0 aliphatic rings. The van der Waals surface area contributed by atoms with Crippen molar-refractivity contribution in [2.75, 3.05) is 13.1 Å². The maximum Gasteiger partial charge on any atom is 0.191 e. The Balaban J connectivity index is 1.93. The van der Waals surface area contributed by atoms with E-state index in [2.05, 4.69) is 48.6 Å². The summed E-state index contributed by atoms with van der Waals surface area (Å²) in [5.74, 6) is 1.67. The van der Waals surface area contributed by atoms with E-state index in [9.17, 15) is 0 Å². The van der Waals surface area contributed by atoms with E-state index in [1.54, 1.807) is 0 Å². The number of guanidine groups is 1. The molecule has 0 saturated heterocycles. The van der Waals surface area contributed by atoms with Crippen LogP contribution in [0.2, 0.25) is 0 Å². The van der Waals surface area contributed by atoms with Gasteiger partial charge in [-0.2, -0.15) is 5.10 Å². The fourth-order valence-electron chi connectivity index (χ4n) is 2.68. The standard InChI is InChI=1S/C20H31N5O/c1-7-21-20(23-13-19-16(4)24-25(6)17(19)5)22-12-15(3)26-18-10-8-14(2)9-11-18/h8-11,15H,7,12-13H2,1-6H3,(H2,21,22,23). The van der Waals surface area contributed by atoms with Crippen LogP contribution >= 0.6 is 0 Å². The van der Waals surface area contributed by atoms with Gasteiger partial charge in [-0.1, -0.05) is 17.7 Å². The molecule has 2 rings (SSSR count). The lowest BCUT2D eigenvalue weighted by atomic mass is 10.2. The Hall–Kier alpha value is -2.50. The molecule has 142 valence electrons. The minimum absolute atomic E-state index is 0.0310. The maximum absolute atomic E-state index is 5.94. The quantitative estimate of drug-likeness (QED) is 0.591. The van der Waals surface area contributed by atoms with Gasteiger partial charge in [0.25, 0.3) is 0 Å². The van der Waals surface area contributed by atoms with Crippen molar-refractivity contribution in [1.29, 1.82) is 0 Å². The fraction of sp³-hybridized carbons (Fsp3) is 0.500. The smallest absolute Gasteiger partial charge is 0.191 e. The molecular formula is C20H31N5O. The van der Waals surface area contributed by atoms with Gasteiger partial charge in [-0.15, -0.1) is 0 Å². The minimum Gasteiger partial charge on any atom is -0.489 e. The molecule has 2 aromatic rings. The fourth-order valence-corrected chi connectivity index (χ4v) is 2.68. The van der Waals surface area contributed by atoms with Crippen LogP contribution in [0.25, 0.3) is 0 Å². The molecule has 6 nitrogen and oxygen atoms in total. The van der Waals surface area contributed by atoms with Gasteiger partial charge in [-0.3, -0.25) is 4.68 Å². The van der Waals surface area contributed by atoms with Crippen molar-refractivity contribution in [3.8, 4) is 5.75 Å². The molecule has 6 heteroatoms. The molecule has 1 heterocycles. The highest BCUT2D eigenvalue weighted by Gasteiger charge is 2.10. The van der Waals surface area contributed by atoms with E-state index in [1.165, 1.54) is 11.1 Å². The second-order valence-electron chi connectivity index (χ2n) is 6.59. The zero-order valence-corrected chi connectivity index (χ0v) is 16.8. The number of aryl methyl sites for hydroxylation is 3. The van der Waals surface area contributed by atoms with Crippen LogP contribution in [-0.4, -0.2) is 34.9 Å². The number of aromatic nitrogens is 2. The molecule has 1 unspecified atom stereocenters. The van der Waals surface area contributed by atoms with Gasteiger partial charge < -0.3 is 15.4 Å². The van der Waals surface area contributed by atoms with Gasteiger partial charge >= 0.3 is 0 Å². The van der Waals surface area contributed by atoms with E-state index in [1.807, 2.05) is 37.7 Å². The van der Waals surface area contributed by atoms with Gasteiger partial charge in [0.15, 0.2) is 5.96 Å². The van der Waals surface area contributed by atoms with Crippen LogP contribution in [0.1, 0.15) is 36.4 Å². The van der Waals surface area contributed by atoms with Crippen LogP contribution in [-0.2, 0) is 13.6 Å². The molecule has 1 atom stereocenters. The van der Waals surface area contributed by atoms with Crippen molar-refractivity contribution in [2.45, 2.75) is 47.3 Å². The predicted molar refractivity (Wildman–Crippen MR) is 107 cm³/mol. The number of hydrogen-bond donors (Lipinski definition) is 2. The second-order valence-corrected chi connectivity index (χ2v) is 6.59. The number of ether oxygens (including phenoxy) is 1. The lowest BCUT2D eigenvalue weighted by Gasteiger charge is -2.18. The van der Waals surface area contributed by atoms with Gasteiger partial charge in [0, 0.05) is 24.8 Å². The summed E-state index contributed by atoms with van der Waals surface area (Å²) in [6.45, 7) is 12.4. The zero-order valence-electron chi connectivity index (χ0n) is 16.8. The van der Waals surface area contributed by atoms with Crippen molar-refractivity contribution in [1.82, 2.24) is 20.4 Å². The molecule has 0 radical (unpaired) electrons. The molecule has 0 amide bonds. The second kappa shape index (κ2) is 9.27. The number of rotatable bonds is 7. The molecule has 0 aliphatic carbocycles. The number of benzene rings is 1. The summed E-state index contributed by atoms with van der Waals surface area (Å²) >= 11 is 0. The van der Waals surface area contributed by atoms with E-state index in [0.717, 1.165) is 29.6 Å². The molecule has 0 saturated carbocycles. The first-order chi connectivity index (χ1) is 12.4. The van der Waals surface area contributed by atoms with Gasteiger partial charge in [0.2, 0.25) is 0 Å². The maximum atomic E-state index is 5.94. The number of nitrogens with zero attached hydrogens (tertiary/aromatic N) is 3. The van der Waals surface area contributed by atoms with Gasteiger partial charge in [-0.05, 0) is 46.8 Å². The third-order valence-corrected chi connectivity index (χ3v) is 4.31. The normalized spacial score (nSPS) is 12.8. The first-order valence-corrected chi connectivity index (χ1v) is 9.15. The summed E-state index contributed by atoms with van der Waals surface area (Å²) in [7, 11) is 1.96. The van der Waals surface area contributed by atoms with E-state index in [0.29, 0.717) is 13.1 Å². The lowest BCUT2D eigenvalue weighted by Crippen LogP contribution is -2.41. The number of aliphatic imine (C=N–C) groups is 1. The summed E-state index contributed by atoms with van der Waals surface area (Å²) in [5, 5.41) is 11.1. The molecule has 0 aliphatic heterocycles. The molecule has 26 heavy (non-hydrogen) atoms. The molecule has 0 bridgehead atoms. The topological polar surface area (TPSA) is 63.5 Å². The third-order valence-electron chi connectivity index (χ3n) is 4.31. The van der Waals surface area contributed by atoms with Gasteiger partial charge in [-0.25, -0.2) is 4.99 Å². The summed E-state index contributed by atoms with van der Waals surface area (Å²) in [4.78, 5) is 4.69. The number of nitrogens with one attached hydrogen (secondary N) is 2. The Morgan fingerprint density at radius 1 is 1.19 bits per heavy atom. The largest absolute Gasteiger partial charge is 0.489 e. The highest BCUT2D eigenvalue weighted by atomic mass is 16.5. The van der Waals surface area contributed by atoms with Crippen molar-refractivity contribution >= 4 is 5.96 Å². The summed E-state index contributed by atoms with van der Waals surface area (Å²) in [5.41, 5.74) is 4.58. The Bertz CT molecular complexity index is 733. The van der Waals surface area contributed by atoms with Crippen LogP contribution in [0, 0.1) is 20.8 Å². The first kappa shape index (κ1) is 19.8. The Morgan fingerprint density at radius 2 is 1.88 bits per heavy atom. The number of hydrogen-bond acceptors (Lipinski definition) is 3. The highest BCUT2D eigenvalue weighted by Crippen LogP contribution is 2.14. The molecular weight excluding hydrogens is 326 g/mol. The highest BCUT2D eigenvalue weighted by molar-refractivity contribution is 5.79. The lowest BCUT2D eigenvalue weighted by molar-refractivity contribution is 0.224. The minimum atomic E-state index is 0.0310. The molecule has 2 N–H and O–H groups in total. The zero-order chi connectivity index (χ0) is 19.1. The Morgan fingerprint density at radius 3 is 2.46 bits per heavy atom. The van der Waals surface area contributed by atoms with Crippen LogP contribution < -0.4 is 15.4 Å². The van der Waals surface area contributed by atoms with Crippen LogP contribution in [0.3, 0.4) is 0 Å². The van der Waals surface area contributed by atoms with Crippen LogP contribution in [0.5, 0.6) is 5.75 Å². The van der Waals surface area contributed by atoms with Gasteiger partial charge in [0.1, 0.15) is 11.9 Å². The van der Waals surface area contributed by atoms with E-state index in [4.69, 9.17) is 9.73 Å². The SMILES string of the molecule is CCNC(=NCc1c(C)nn(C)c1C)NCC(C)Oc1ccc(C)cc1. The van der Waals surface area contributed by atoms with E-state index < -0.39 is 0 Å². The van der Waals surface area contributed by atoms with Crippen molar-refractivity contribution in [3.05, 3.63) is 46.8 Å². The molecule has 1 aromatic carbocycles. The molecule has 0 spiro atoms. The van der Waals surface area contributed by atoms with Crippen molar-refractivity contribution in [2.24, 2.45) is 12.0 Å². The van der Waals surface area contributed by atoms with Crippen LogP contribution in [0.15, 0.2) is 29.3 Å². The molecule has 0 fully saturated rings.